The summed E-state index contributed by atoms with van der Waals surface area (Å²) in [4.78, 5) is 8.76. The first-order valence-electron chi connectivity index (χ1n) is 4.69. The van der Waals surface area contributed by atoms with E-state index >= 15 is 0 Å². The van der Waals surface area contributed by atoms with Crippen molar-refractivity contribution in [1.29, 1.82) is 5.26 Å². The van der Waals surface area contributed by atoms with Gasteiger partial charge < -0.3 is 5.73 Å². The lowest BCUT2D eigenvalue weighted by atomic mass is 10.3. The van der Waals surface area contributed by atoms with Gasteiger partial charge in [0.05, 0.1) is 6.20 Å². The quantitative estimate of drug-likeness (QED) is 0.816. The zero-order valence-corrected chi connectivity index (χ0v) is 11.0. The summed E-state index contributed by atoms with van der Waals surface area (Å²) in [5, 5.41) is 13.4. The molecule has 2 heterocycles. The molecule has 0 aromatic carbocycles. The van der Waals surface area contributed by atoms with Crippen molar-refractivity contribution in [1.82, 2.24) is 19.7 Å². The summed E-state index contributed by atoms with van der Waals surface area (Å²) in [6.45, 7) is 1.93. The van der Waals surface area contributed by atoms with E-state index in [1.54, 1.807) is 4.68 Å². The van der Waals surface area contributed by atoms with Gasteiger partial charge in [0.2, 0.25) is 5.13 Å². The van der Waals surface area contributed by atoms with Crippen molar-refractivity contribution < 1.29 is 5.73 Å². The molecule has 2 aromatic heterocycles. The van der Waals surface area contributed by atoms with Crippen molar-refractivity contribution in [3.8, 4) is 11.2 Å². The molecule has 0 aliphatic carbocycles. The molecular weight excluding hydrogens is 260 g/mol. The fourth-order valence-electron chi connectivity index (χ4n) is 1.15. The Labute approximate surface area is 108 Å². The van der Waals surface area contributed by atoms with Gasteiger partial charge in [0.1, 0.15) is 23.3 Å². The van der Waals surface area contributed by atoms with Gasteiger partial charge >= 0.3 is 0 Å². The first kappa shape index (κ1) is 13.6. The minimum Gasteiger partial charge on any atom is -0.349 e. The van der Waals surface area contributed by atoms with Crippen molar-refractivity contribution in [2.24, 2.45) is 0 Å². The van der Waals surface area contributed by atoms with Crippen LogP contribution in [0.25, 0.3) is 5.13 Å². The van der Waals surface area contributed by atoms with E-state index in [2.05, 4.69) is 32.4 Å². The maximum absolute atomic E-state index is 8.69. The monoisotopic (exact) mass is 271 g/mol. The Morgan fingerprint density at radius 2 is 2.24 bits per heavy atom. The average molecular weight is 272 g/mol. The number of hydrogen-bond donors (Lipinski definition) is 1. The van der Waals surface area contributed by atoms with Gasteiger partial charge in [0.25, 0.3) is 0 Å². The predicted molar refractivity (Wildman–Crippen MR) is 64.8 cm³/mol. The first-order valence-corrected chi connectivity index (χ1v) is 6.26. The van der Waals surface area contributed by atoms with Crippen LogP contribution in [0.5, 0.6) is 0 Å². The third-order valence-electron chi connectivity index (χ3n) is 1.80. The van der Waals surface area contributed by atoms with Gasteiger partial charge in [0, 0.05) is 6.38 Å². The lowest BCUT2D eigenvalue weighted by Gasteiger charge is -2.01. The fourth-order valence-corrected chi connectivity index (χ4v) is 1.83. The topological polar surface area (TPSA) is 95.0 Å². The molecule has 0 aliphatic rings. The number of nitriles is 1. The lowest BCUT2D eigenvalue weighted by Crippen LogP contribution is -2.52. The second kappa shape index (κ2) is 6.30. The van der Waals surface area contributed by atoms with Crippen LogP contribution in [0, 0.1) is 11.3 Å². The Kier molecular flexibility index (Phi) is 5.03. The van der Waals surface area contributed by atoms with E-state index in [4.69, 9.17) is 5.26 Å². The number of thiazole rings is 1. The van der Waals surface area contributed by atoms with E-state index in [1.807, 2.05) is 13.0 Å². The van der Waals surface area contributed by atoms with Gasteiger partial charge in [-0.3, -0.25) is 0 Å². The Hall–Kier alpha value is -1.49. The van der Waals surface area contributed by atoms with Crippen LogP contribution in [-0.2, 0) is 0 Å². The van der Waals surface area contributed by atoms with Crippen molar-refractivity contribution >= 4 is 22.9 Å². The summed E-state index contributed by atoms with van der Waals surface area (Å²) in [5.74, 6) is 0.744. The molecule has 0 saturated heterocycles. The molecule has 0 spiro atoms. The number of alkyl halides is 1. The molecule has 2 rings (SSSR count). The van der Waals surface area contributed by atoms with Crippen LogP contribution in [0.4, 0.5) is 0 Å². The number of quaternary nitrogens is 1. The third-order valence-corrected chi connectivity index (χ3v) is 2.68. The largest absolute Gasteiger partial charge is 0.349 e. The molecule has 0 saturated carbocycles. The second-order valence-electron chi connectivity index (χ2n) is 3.05. The van der Waals surface area contributed by atoms with Crippen molar-refractivity contribution in [3.63, 3.8) is 0 Å². The predicted octanol–water partition coefficient (Wildman–Crippen LogP) is 0.753. The first-order chi connectivity index (χ1) is 8.22. The minimum absolute atomic E-state index is 0.0296. The molecule has 2 aromatic rings. The number of aromatic nitrogens is 4. The van der Waals surface area contributed by atoms with Crippen LogP contribution < -0.4 is 5.73 Å². The van der Waals surface area contributed by atoms with Gasteiger partial charge in [-0.15, -0.1) is 11.6 Å². The molecule has 90 valence electrons. The molecule has 0 aliphatic heterocycles. The summed E-state index contributed by atoms with van der Waals surface area (Å²) in [6, 6.07) is 2.07. The van der Waals surface area contributed by atoms with Crippen LogP contribution >= 0.6 is 22.9 Å². The van der Waals surface area contributed by atoms with Gasteiger partial charge in [-0.1, -0.05) is 11.3 Å². The number of hydrogen-bond acceptors (Lipinski definition) is 5. The molecule has 3 N–H and O–H groups in total. The Morgan fingerprint density at radius 1 is 1.53 bits per heavy atom. The van der Waals surface area contributed by atoms with Crippen LogP contribution in [0.1, 0.15) is 23.7 Å². The SMILES string of the molecule is CC([NH3+])c1ncnn1-c1ncc(C#N)s1.CCl. The summed E-state index contributed by atoms with van der Waals surface area (Å²) in [6.07, 6.45) is 4.46. The Balaban J connectivity index is 0.000000686. The summed E-state index contributed by atoms with van der Waals surface area (Å²) < 4.78 is 1.61. The summed E-state index contributed by atoms with van der Waals surface area (Å²) in [5.41, 5.74) is 3.88. The number of rotatable bonds is 2. The van der Waals surface area contributed by atoms with Crippen molar-refractivity contribution in [2.75, 3.05) is 6.38 Å². The number of halogens is 1. The highest BCUT2D eigenvalue weighted by molar-refractivity contribution is 7.14. The van der Waals surface area contributed by atoms with Gasteiger partial charge in [-0.25, -0.2) is 9.97 Å². The highest BCUT2D eigenvalue weighted by atomic mass is 35.5. The van der Waals surface area contributed by atoms with Crippen LogP contribution in [0.2, 0.25) is 0 Å². The maximum Gasteiger partial charge on any atom is 0.213 e. The minimum atomic E-state index is 0.0296. The normalized spacial score (nSPS) is 11.2. The van der Waals surface area contributed by atoms with Crippen LogP contribution in [-0.4, -0.2) is 26.1 Å². The lowest BCUT2D eigenvalue weighted by molar-refractivity contribution is -0.422. The fraction of sp³-hybridized carbons (Fsp3) is 0.333. The van der Waals surface area contributed by atoms with E-state index in [0.717, 1.165) is 5.82 Å². The molecule has 8 heteroatoms. The molecule has 0 fully saturated rings. The van der Waals surface area contributed by atoms with Gasteiger partial charge in [0.15, 0.2) is 5.82 Å². The molecule has 17 heavy (non-hydrogen) atoms. The van der Waals surface area contributed by atoms with Crippen LogP contribution in [0.3, 0.4) is 0 Å². The average Bonchev–Trinajstić information content (AvgIpc) is 2.99. The summed E-state index contributed by atoms with van der Waals surface area (Å²) >= 11 is 5.92. The molecule has 0 radical (unpaired) electrons. The Morgan fingerprint density at radius 3 is 2.76 bits per heavy atom. The second-order valence-corrected chi connectivity index (χ2v) is 4.06. The smallest absolute Gasteiger partial charge is 0.213 e. The van der Waals surface area contributed by atoms with Crippen molar-refractivity contribution in [2.45, 2.75) is 13.0 Å². The highest BCUT2D eigenvalue weighted by Gasteiger charge is 2.15. The van der Waals surface area contributed by atoms with Gasteiger partial charge in [-0.05, 0) is 6.92 Å². The van der Waals surface area contributed by atoms with E-state index in [0.29, 0.717) is 10.0 Å². The zero-order valence-electron chi connectivity index (χ0n) is 9.46. The maximum atomic E-state index is 8.69. The molecule has 6 nitrogen and oxygen atoms in total. The molecule has 1 atom stereocenters. The Bertz CT molecular complexity index is 512. The molecular formula is C9H12ClN6S+. The summed E-state index contributed by atoms with van der Waals surface area (Å²) in [7, 11) is 0. The molecule has 1 unspecified atom stereocenters. The van der Waals surface area contributed by atoms with E-state index in [1.165, 1.54) is 30.2 Å². The highest BCUT2D eigenvalue weighted by Crippen LogP contribution is 2.17. The molecule has 0 amide bonds. The van der Waals surface area contributed by atoms with E-state index in [-0.39, 0.29) is 6.04 Å². The van der Waals surface area contributed by atoms with Gasteiger partial charge in [-0.2, -0.15) is 15.0 Å². The standard InChI is InChI=1S/C8H8N6S.CH3Cl/c1-5(10)7-12-4-13-14(7)8-11-3-6(2-9)15-8;1-2/h3-5H,10H2,1H3;1H3/p+1. The van der Waals surface area contributed by atoms with E-state index < -0.39 is 0 Å². The van der Waals surface area contributed by atoms with E-state index in [9.17, 15) is 0 Å². The zero-order chi connectivity index (χ0) is 12.8. The third kappa shape index (κ3) is 3.00. The van der Waals surface area contributed by atoms with Crippen LogP contribution in [0.15, 0.2) is 12.5 Å². The van der Waals surface area contributed by atoms with Crippen molar-refractivity contribution in [3.05, 3.63) is 23.2 Å². The number of nitrogens with zero attached hydrogens (tertiary/aromatic N) is 5. The molecule has 0 bridgehead atoms.